The number of halogens is 1. The van der Waals surface area contributed by atoms with Crippen LogP contribution in [0.1, 0.15) is 24.1 Å². The van der Waals surface area contributed by atoms with Crippen LogP contribution in [0.2, 0.25) is 0 Å². The summed E-state index contributed by atoms with van der Waals surface area (Å²) in [5, 5.41) is 7.83. The number of hydrogen-bond acceptors (Lipinski definition) is 5. The predicted molar refractivity (Wildman–Crippen MR) is 133 cm³/mol. The summed E-state index contributed by atoms with van der Waals surface area (Å²) in [6, 6.07) is 18.0. The van der Waals surface area contributed by atoms with Crippen molar-refractivity contribution in [3.63, 3.8) is 0 Å². The Kier molecular flexibility index (Phi) is 6.35. The van der Waals surface area contributed by atoms with Crippen LogP contribution in [0.3, 0.4) is 0 Å². The van der Waals surface area contributed by atoms with Crippen molar-refractivity contribution in [3.05, 3.63) is 77.7 Å². The number of rotatable bonds is 6. The van der Waals surface area contributed by atoms with Crippen molar-refractivity contribution in [2.75, 3.05) is 25.1 Å². The molecule has 0 unspecified atom stereocenters. The summed E-state index contributed by atoms with van der Waals surface area (Å²) in [5.41, 5.74) is 4.19. The standard InChI is InChI=1S/C27H28FN5O2/c1-18-15-26(33-25(30-18)16-23(31-33)19-7-9-22(28)10-8-19)32-13-11-20(12-14-32)27(34)29-17-21-5-3-4-6-24(21)35-2/h3-10,15-16,20H,11-14,17H2,1-2H3,(H,29,34). The molecule has 180 valence electrons. The SMILES string of the molecule is COc1ccccc1CNC(=O)C1CCN(c2cc(C)nc3cc(-c4ccc(F)cc4)nn23)CC1. The molecule has 8 heteroatoms. The number of carbonyl (C=O) groups excluding carboxylic acids is 1. The van der Waals surface area contributed by atoms with Crippen LogP contribution in [0.5, 0.6) is 5.75 Å². The average molecular weight is 474 g/mol. The zero-order chi connectivity index (χ0) is 24.4. The van der Waals surface area contributed by atoms with Crippen LogP contribution in [0.4, 0.5) is 10.2 Å². The van der Waals surface area contributed by atoms with E-state index in [1.54, 1.807) is 19.2 Å². The van der Waals surface area contributed by atoms with Gasteiger partial charge in [0.05, 0.1) is 12.8 Å². The minimum Gasteiger partial charge on any atom is -0.496 e. The molecular weight excluding hydrogens is 445 g/mol. The van der Waals surface area contributed by atoms with Crippen LogP contribution < -0.4 is 15.0 Å². The van der Waals surface area contributed by atoms with Crippen LogP contribution in [0.15, 0.2) is 60.7 Å². The lowest BCUT2D eigenvalue weighted by atomic mass is 9.95. The summed E-state index contributed by atoms with van der Waals surface area (Å²) < 4.78 is 20.6. The Morgan fingerprint density at radius 2 is 1.86 bits per heavy atom. The highest BCUT2D eigenvalue weighted by Gasteiger charge is 2.27. The van der Waals surface area contributed by atoms with Gasteiger partial charge in [-0.15, -0.1) is 0 Å². The second kappa shape index (κ2) is 9.74. The van der Waals surface area contributed by atoms with Crippen LogP contribution in [-0.2, 0) is 11.3 Å². The Balaban J connectivity index is 1.28. The number of anilines is 1. The first-order chi connectivity index (χ1) is 17.0. The van der Waals surface area contributed by atoms with Crippen molar-refractivity contribution >= 4 is 17.4 Å². The lowest BCUT2D eigenvalue weighted by Crippen LogP contribution is -2.41. The summed E-state index contributed by atoms with van der Waals surface area (Å²) >= 11 is 0. The maximum Gasteiger partial charge on any atom is 0.223 e. The number of aryl methyl sites for hydroxylation is 1. The molecule has 2 aromatic carbocycles. The van der Waals surface area contributed by atoms with E-state index in [9.17, 15) is 9.18 Å². The van der Waals surface area contributed by atoms with Gasteiger partial charge >= 0.3 is 0 Å². The van der Waals surface area contributed by atoms with Gasteiger partial charge in [0, 0.05) is 54.5 Å². The zero-order valence-electron chi connectivity index (χ0n) is 19.9. The van der Waals surface area contributed by atoms with Gasteiger partial charge in [-0.25, -0.2) is 9.37 Å². The van der Waals surface area contributed by atoms with Crippen LogP contribution in [-0.4, -0.2) is 40.7 Å². The molecule has 3 heterocycles. The number of ether oxygens (including phenoxy) is 1. The van der Waals surface area contributed by atoms with Gasteiger partial charge < -0.3 is 15.0 Å². The Labute approximate surface area is 203 Å². The molecule has 5 rings (SSSR count). The first kappa shape index (κ1) is 22.8. The number of para-hydroxylation sites is 1. The number of benzene rings is 2. The van der Waals surface area contributed by atoms with E-state index in [0.29, 0.717) is 6.54 Å². The maximum absolute atomic E-state index is 13.3. The number of methoxy groups -OCH3 is 1. The Morgan fingerprint density at radius 3 is 2.60 bits per heavy atom. The summed E-state index contributed by atoms with van der Waals surface area (Å²) in [5.74, 6) is 1.49. The van der Waals surface area contributed by atoms with E-state index < -0.39 is 0 Å². The third kappa shape index (κ3) is 4.82. The third-order valence-electron chi connectivity index (χ3n) is 6.51. The third-order valence-corrected chi connectivity index (χ3v) is 6.51. The highest BCUT2D eigenvalue weighted by Crippen LogP contribution is 2.27. The second-order valence-corrected chi connectivity index (χ2v) is 8.85. The highest BCUT2D eigenvalue weighted by atomic mass is 19.1. The molecule has 1 aliphatic heterocycles. The van der Waals surface area contributed by atoms with E-state index in [1.165, 1.54) is 12.1 Å². The number of piperidine rings is 1. The fourth-order valence-electron chi connectivity index (χ4n) is 4.61. The topological polar surface area (TPSA) is 71.8 Å². The molecule has 1 fully saturated rings. The summed E-state index contributed by atoms with van der Waals surface area (Å²) in [6.45, 7) is 3.91. The van der Waals surface area contributed by atoms with Gasteiger partial charge in [-0.1, -0.05) is 18.2 Å². The van der Waals surface area contributed by atoms with Crippen molar-refractivity contribution in [2.24, 2.45) is 5.92 Å². The van der Waals surface area contributed by atoms with E-state index in [1.807, 2.05) is 47.8 Å². The minimum atomic E-state index is -0.276. The molecule has 1 aliphatic rings. The van der Waals surface area contributed by atoms with Crippen LogP contribution >= 0.6 is 0 Å². The molecule has 0 bridgehead atoms. The fraction of sp³-hybridized carbons (Fsp3) is 0.296. The summed E-state index contributed by atoms with van der Waals surface area (Å²) in [7, 11) is 1.64. The van der Waals surface area contributed by atoms with E-state index >= 15 is 0 Å². The van der Waals surface area contributed by atoms with Crippen LogP contribution in [0, 0.1) is 18.7 Å². The van der Waals surface area contributed by atoms with Gasteiger partial charge in [0.25, 0.3) is 0 Å². The minimum absolute atomic E-state index is 0.0354. The molecule has 1 saturated heterocycles. The van der Waals surface area contributed by atoms with Crippen molar-refractivity contribution in [3.8, 4) is 17.0 Å². The van der Waals surface area contributed by atoms with Gasteiger partial charge in [0.2, 0.25) is 5.91 Å². The second-order valence-electron chi connectivity index (χ2n) is 8.85. The normalized spacial score (nSPS) is 14.3. The van der Waals surface area contributed by atoms with Gasteiger partial charge in [-0.2, -0.15) is 9.61 Å². The number of carbonyl (C=O) groups is 1. The predicted octanol–water partition coefficient (Wildman–Crippen LogP) is 4.39. The Hall–Kier alpha value is -3.94. The molecule has 0 aliphatic carbocycles. The summed E-state index contributed by atoms with van der Waals surface area (Å²) in [6.07, 6.45) is 1.51. The molecule has 0 spiro atoms. The Morgan fingerprint density at radius 1 is 1.11 bits per heavy atom. The van der Waals surface area contributed by atoms with Gasteiger partial charge in [-0.05, 0) is 50.1 Å². The van der Waals surface area contributed by atoms with Gasteiger partial charge in [0.15, 0.2) is 5.65 Å². The molecule has 7 nitrogen and oxygen atoms in total. The highest BCUT2D eigenvalue weighted by molar-refractivity contribution is 5.79. The number of amides is 1. The first-order valence-corrected chi connectivity index (χ1v) is 11.8. The van der Waals surface area contributed by atoms with Gasteiger partial charge in [0.1, 0.15) is 17.4 Å². The molecule has 2 aromatic heterocycles. The largest absolute Gasteiger partial charge is 0.496 e. The lowest BCUT2D eigenvalue weighted by molar-refractivity contribution is -0.125. The van der Waals surface area contributed by atoms with E-state index in [0.717, 1.165) is 65.7 Å². The monoisotopic (exact) mass is 473 g/mol. The molecule has 0 saturated carbocycles. The number of hydrogen-bond donors (Lipinski definition) is 1. The zero-order valence-corrected chi connectivity index (χ0v) is 19.9. The van der Waals surface area contributed by atoms with Crippen LogP contribution in [0.25, 0.3) is 16.9 Å². The smallest absolute Gasteiger partial charge is 0.223 e. The lowest BCUT2D eigenvalue weighted by Gasteiger charge is -2.33. The number of aromatic nitrogens is 3. The molecular formula is C27H28FN5O2. The van der Waals surface area contributed by atoms with Crippen molar-refractivity contribution in [2.45, 2.75) is 26.3 Å². The van der Waals surface area contributed by atoms with Crippen molar-refractivity contribution < 1.29 is 13.9 Å². The number of nitrogens with zero attached hydrogens (tertiary/aromatic N) is 4. The Bertz CT molecular complexity index is 1340. The molecule has 35 heavy (non-hydrogen) atoms. The fourth-order valence-corrected chi connectivity index (χ4v) is 4.61. The first-order valence-electron chi connectivity index (χ1n) is 11.8. The van der Waals surface area contributed by atoms with Crippen molar-refractivity contribution in [1.29, 1.82) is 0 Å². The van der Waals surface area contributed by atoms with E-state index in [2.05, 4.69) is 15.2 Å². The molecule has 0 atom stereocenters. The van der Waals surface area contributed by atoms with E-state index in [-0.39, 0.29) is 17.6 Å². The molecule has 4 aromatic rings. The van der Waals surface area contributed by atoms with E-state index in [4.69, 9.17) is 9.84 Å². The number of fused-ring (bicyclic) bond motifs is 1. The number of nitrogens with one attached hydrogen (secondary N) is 1. The molecule has 1 amide bonds. The maximum atomic E-state index is 13.3. The quantitative estimate of drug-likeness (QED) is 0.450. The van der Waals surface area contributed by atoms with Crippen molar-refractivity contribution in [1.82, 2.24) is 19.9 Å². The molecule has 1 N–H and O–H groups in total. The average Bonchev–Trinajstić information content (AvgIpc) is 3.31. The van der Waals surface area contributed by atoms with Gasteiger partial charge in [-0.3, -0.25) is 4.79 Å². The molecule has 0 radical (unpaired) electrons. The summed E-state index contributed by atoms with van der Waals surface area (Å²) in [4.78, 5) is 19.7.